The van der Waals surface area contributed by atoms with Gasteiger partial charge in [-0.3, -0.25) is 4.79 Å². The number of methoxy groups -OCH3 is 1. The molecule has 0 spiro atoms. The number of fused-ring (bicyclic) bond motifs is 1. The van der Waals surface area contributed by atoms with Gasteiger partial charge in [-0.1, -0.05) is 36.5 Å². The van der Waals surface area contributed by atoms with E-state index in [0.29, 0.717) is 16.9 Å². The Labute approximate surface area is 131 Å². The molecule has 0 aliphatic heterocycles. The third kappa shape index (κ3) is 2.35. The van der Waals surface area contributed by atoms with Gasteiger partial charge in [0, 0.05) is 10.9 Å². The molecule has 4 nitrogen and oxygen atoms in total. The van der Waals surface area contributed by atoms with E-state index >= 15 is 0 Å². The van der Waals surface area contributed by atoms with Crippen molar-refractivity contribution in [3.63, 3.8) is 0 Å². The molecule has 0 saturated carbocycles. The molecule has 1 N–H and O–H groups in total. The van der Waals surface area contributed by atoms with E-state index in [1.54, 1.807) is 47.8 Å². The minimum atomic E-state index is -0.492. The maximum atomic E-state index is 12.3. The summed E-state index contributed by atoms with van der Waals surface area (Å²) in [4.78, 5) is 12.3. The predicted molar refractivity (Wildman–Crippen MR) is 88.9 cm³/mol. The molecule has 0 bridgehead atoms. The molecule has 2 aromatic carbocycles. The van der Waals surface area contributed by atoms with Crippen molar-refractivity contribution in [1.82, 2.24) is 0 Å². The van der Waals surface area contributed by atoms with Crippen LogP contribution >= 0.6 is 12.2 Å². The quantitative estimate of drug-likeness (QED) is 0.750. The minimum Gasteiger partial charge on any atom is -0.502 e. The summed E-state index contributed by atoms with van der Waals surface area (Å²) < 4.78 is 10.8. The van der Waals surface area contributed by atoms with Crippen LogP contribution in [0.15, 0.2) is 51.7 Å². The standard InChI is InChI=1S/C17H12O4S/c1-20-12-6-7-14-13(8-12)15(18)16(19)17(21-14)11-4-2-10(9-22)3-5-11/h2-9,19H,1H3. The van der Waals surface area contributed by atoms with Crippen LogP contribution in [0.1, 0.15) is 5.56 Å². The van der Waals surface area contributed by atoms with Crippen LogP contribution in [-0.2, 0) is 0 Å². The zero-order valence-electron chi connectivity index (χ0n) is 11.7. The summed E-state index contributed by atoms with van der Waals surface area (Å²) in [5.41, 5.74) is 1.37. The number of benzene rings is 2. The van der Waals surface area contributed by atoms with Crippen LogP contribution in [-0.4, -0.2) is 17.6 Å². The van der Waals surface area contributed by atoms with Gasteiger partial charge in [-0.05, 0) is 23.8 Å². The molecule has 0 amide bonds. The van der Waals surface area contributed by atoms with E-state index < -0.39 is 11.2 Å². The van der Waals surface area contributed by atoms with Gasteiger partial charge in [0.1, 0.15) is 11.3 Å². The molecule has 1 aromatic heterocycles. The second-order valence-corrected chi connectivity index (χ2v) is 4.95. The summed E-state index contributed by atoms with van der Waals surface area (Å²) >= 11 is 4.85. The van der Waals surface area contributed by atoms with E-state index in [0.717, 1.165) is 5.56 Å². The van der Waals surface area contributed by atoms with Crippen LogP contribution in [0.5, 0.6) is 11.5 Å². The van der Waals surface area contributed by atoms with Gasteiger partial charge in [0.05, 0.1) is 12.5 Å². The van der Waals surface area contributed by atoms with Crippen molar-refractivity contribution in [2.24, 2.45) is 0 Å². The Bertz CT molecular complexity index is 910. The van der Waals surface area contributed by atoms with Crippen LogP contribution in [0.4, 0.5) is 0 Å². The second kappa shape index (κ2) is 5.61. The lowest BCUT2D eigenvalue weighted by molar-refractivity contribution is 0.414. The van der Waals surface area contributed by atoms with E-state index in [9.17, 15) is 9.90 Å². The first kappa shape index (κ1) is 14.3. The molecule has 0 atom stereocenters. The van der Waals surface area contributed by atoms with Crippen LogP contribution < -0.4 is 10.2 Å². The van der Waals surface area contributed by atoms with Crippen molar-refractivity contribution in [3.8, 4) is 22.8 Å². The third-order valence-corrected chi connectivity index (χ3v) is 3.65. The van der Waals surface area contributed by atoms with E-state index in [1.165, 1.54) is 7.11 Å². The van der Waals surface area contributed by atoms with Gasteiger partial charge < -0.3 is 14.3 Å². The van der Waals surface area contributed by atoms with Crippen molar-refractivity contribution in [2.45, 2.75) is 0 Å². The highest BCUT2D eigenvalue weighted by molar-refractivity contribution is 7.79. The van der Waals surface area contributed by atoms with Crippen LogP contribution in [0.25, 0.3) is 22.3 Å². The summed E-state index contributed by atoms with van der Waals surface area (Å²) in [5, 5.41) is 12.0. The lowest BCUT2D eigenvalue weighted by atomic mass is 10.1. The Balaban J connectivity index is 2.24. The van der Waals surface area contributed by atoms with Gasteiger partial charge in [-0.2, -0.15) is 0 Å². The SMILES string of the molecule is COc1ccc2oc(-c3ccc(C=S)cc3)c(O)c(=O)c2c1. The van der Waals surface area contributed by atoms with Gasteiger partial charge in [-0.25, -0.2) is 0 Å². The lowest BCUT2D eigenvalue weighted by Crippen LogP contribution is -2.03. The Hall–Kier alpha value is -2.66. The fourth-order valence-corrected chi connectivity index (χ4v) is 2.36. The van der Waals surface area contributed by atoms with Crippen LogP contribution in [0, 0.1) is 0 Å². The van der Waals surface area contributed by atoms with E-state index in [-0.39, 0.29) is 11.1 Å². The largest absolute Gasteiger partial charge is 0.502 e. The number of aromatic hydroxyl groups is 1. The van der Waals surface area contributed by atoms with Gasteiger partial charge in [0.15, 0.2) is 5.76 Å². The van der Waals surface area contributed by atoms with Gasteiger partial charge in [-0.15, -0.1) is 0 Å². The first-order valence-corrected chi connectivity index (χ1v) is 7.00. The highest BCUT2D eigenvalue weighted by Gasteiger charge is 2.15. The maximum absolute atomic E-state index is 12.3. The normalized spacial score (nSPS) is 10.6. The Morgan fingerprint density at radius 1 is 1.18 bits per heavy atom. The Morgan fingerprint density at radius 3 is 2.55 bits per heavy atom. The molecule has 1 heterocycles. The number of ether oxygens (including phenoxy) is 1. The minimum absolute atomic E-state index is 0.138. The smallest absolute Gasteiger partial charge is 0.235 e. The topological polar surface area (TPSA) is 59.7 Å². The molecular formula is C17H12O4S. The van der Waals surface area contributed by atoms with Crippen LogP contribution in [0.3, 0.4) is 0 Å². The summed E-state index contributed by atoms with van der Waals surface area (Å²) in [6.07, 6.45) is 0. The highest BCUT2D eigenvalue weighted by atomic mass is 32.1. The monoisotopic (exact) mass is 312 g/mol. The fourth-order valence-electron chi connectivity index (χ4n) is 2.20. The average molecular weight is 312 g/mol. The van der Waals surface area contributed by atoms with E-state index in [2.05, 4.69) is 0 Å². The number of thiocarbonyl (C=S) groups is 1. The first-order chi connectivity index (χ1) is 10.6. The van der Waals surface area contributed by atoms with Crippen molar-refractivity contribution < 1.29 is 14.3 Å². The molecule has 110 valence electrons. The van der Waals surface area contributed by atoms with E-state index in [1.807, 2.05) is 0 Å². The predicted octanol–water partition coefficient (Wildman–Crippen LogP) is 3.52. The van der Waals surface area contributed by atoms with Crippen LogP contribution in [0.2, 0.25) is 0 Å². The molecule has 0 fully saturated rings. The molecule has 0 aliphatic carbocycles. The zero-order chi connectivity index (χ0) is 15.7. The summed E-state index contributed by atoms with van der Waals surface area (Å²) in [7, 11) is 1.51. The van der Waals surface area contributed by atoms with Crippen molar-refractivity contribution in [1.29, 1.82) is 0 Å². The van der Waals surface area contributed by atoms with Gasteiger partial charge in [0.25, 0.3) is 0 Å². The zero-order valence-corrected chi connectivity index (χ0v) is 12.5. The van der Waals surface area contributed by atoms with Crippen molar-refractivity contribution in [3.05, 3.63) is 58.3 Å². The Morgan fingerprint density at radius 2 is 1.91 bits per heavy atom. The van der Waals surface area contributed by atoms with Crippen molar-refractivity contribution >= 4 is 28.6 Å². The lowest BCUT2D eigenvalue weighted by Gasteiger charge is -2.07. The molecule has 0 unspecified atom stereocenters. The van der Waals surface area contributed by atoms with E-state index in [4.69, 9.17) is 21.4 Å². The van der Waals surface area contributed by atoms with Gasteiger partial charge in [0.2, 0.25) is 11.2 Å². The molecule has 5 heteroatoms. The molecule has 3 rings (SSSR count). The van der Waals surface area contributed by atoms with Crippen molar-refractivity contribution in [2.75, 3.05) is 7.11 Å². The fraction of sp³-hybridized carbons (Fsp3) is 0.0588. The molecular weight excluding hydrogens is 300 g/mol. The third-order valence-electron chi connectivity index (χ3n) is 3.38. The number of hydrogen-bond donors (Lipinski definition) is 1. The highest BCUT2D eigenvalue weighted by Crippen LogP contribution is 2.31. The summed E-state index contributed by atoms with van der Waals surface area (Å²) in [5.74, 6) is 0.242. The molecule has 3 aromatic rings. The average Bonchev–Trinajstić information content (AvgIpc) is 2.58. The van der Waals surface area contributed by atoms with Gasteiger partial charge >= 0.3 is 0 Å². The molecule has 0 saturated heterocycles. The maximum Gasteiger partial charge on any atom is 0.235 e. The second-order valence-electron chi connectivity index (χ2n) is 4.71. The summed E-state index contributed by atoms with van der Waals surface area (Å²) in [6.45, 7) is 0. The first-order valence-electron chi connectivity index (χ1n) is 6.53. The Kier molecular flexibility index (Phi) is 3.65. The molecule has 0 aliphatic rings. The molecule has 0 radical (unpaired) electrons. The summed E-state index contributed by atoms with van der Waals surface area (Å²) in [6, 6.07) is 11.9. The number of hydrogen-bond acceptors (Lipinski definition) is 5. The number of rotatable bonds is 3. The molecule has 22 heavy (non-hydrogen) atoms.